The molecule has 0 aromatic carbocycles. The van der Waals surface area contributed by atoms with Gasteiger partial charge in [-0.15, -0.1) is 22.7 Å². The first-order chi connectivity index (χ1) is 6.66. The molecule has 0 spiro atoms. The van der Waals surface area contributed by atoms with Crippen LogP contribution in [0.15, 0.2) is 12.4 Å². The molecule has 14 heavy (non-hydrogen) atoms. The number of rotatable bonds is 2. The maximum atomic E-state index is 5.76. The molecule has 2 N–H and O–H groups in total. The Morgan fingerprint density at radius 1 is 1.29 bits per heavy atom. The lowest BCUT2D eigenvalue weighted by molar-refractivity contribution is 0.835. The topological polar surface area (TPSA) is 51.8 Å². The van der Waals surface area contributed by atoms with E-state index in [1.54, 1.807) is 22.7 Å². The minimum absolute atomic E-state index is 0.0558. The third kappa shape index (κ3) is 2.13. The monoisotopic (exact) mass is 337 g/mol. The van der Waals surface area contributed by atoms with Gasteiger partial charge in [0.1, 0.15) is 0 Å². The Balaban J connectivity index is 2.33. The van der Waals surface area contributed by atoms with Crippen LogP contribution in [0.4, 0.5) is 0 Å². The van der Waals surface area contributed by atoms with E-state index in [0.717, 1.165) is 14.9 Å². The van der Waals surface area contributed by atoms with Crippen LogP contribution in [0.5, 0.6) is 0 Å². The molecule has 0 saturated carbocycles. The van der Waals surface area contributed by atoms with E-state index in [-0.39, 0.29) is 6.04 Å². The Morgan fingerprint density at radius 3 is 2.43 bits per heavy atom. The zero-order valence-electron chi connectivity index (χ0n) is 7.40. The molecular weight excluding hydrogens is 329 g/mol. The number of nitrogens with two attached hydrogens (primary N) is 1. The first-order valence-electron chi connectivity index (χ1n) is 4.00. The second-order valence-electron chi connectivity index (χ2n) is 2.83. The fourth-order valence-electron chi connectivity index (χ4n) is 0.949. The van der Waals surface area contributed by atoms with Gasteiger partial charge >= 0.3 is 0 Å². The van der Waals surface area contributed by atoms with Gasteiger partial charge in [-0.25, -0.2) is 9.97 Å². The van der Waals surface area contributed by atoms with Gasteiger partial charge in [0.15, 0.2) is 10.0 Å². The lowest BCUT2D eigenvalue weighted by Gasteiger charge is -1.96. The largest absolute Gasteiger partial charge is 0.323 e. The highest BCUT2D eigenvalue weighted by molar-refractivity contribution is 14.1. The predicted molar refractivity (Wildman–Crippen MR) is 68.5 cm³/mol. The highest BCUT2D eigenvalue weighted by atomic mass is 127. The molecule has 0 radical (unpaired) electrons. The van der Waals surface area contributed by atoms with Gasteiger partial charge in [0.2, 0.25) is 0 Å². The van der Waals surface area contributed by atoms with Crippen LogP contribution in [-0.2, 0) is 0 Å². The zero-order valence-corrected chi connectivity index (χ0v) is 11.2. The van der Waals surface area contributed by atoms with Gasteiger partial charge in [-0.1, -0.05) is 0 Å². The highest BCUT2D eigenvalue weighted by Gasteiger charge is 2.10. The summed E-state index contributed by atoms with van der Waals surface area (Å²) in [6, 6.07) is 0.0558. The summed E-state index contributed by atoms with van der Waals surface area (Å²) < 4.78 is 1.18. The van der Waals surface area contributed by atoms with Crippen LogP contribution in [0.2, 0.25) is 0 Å². The minimum atomic E-state index is 0.0558. The molecular formula is C8H8IN3S2. The second-order valence-corrected chi connectivity index (χ2v) is 6.81. The molecule has 2 heterocycles. The van der Waals surface area contributed by atoms with Crippen LogP contribution >= 0.6 is 45.3 Å². The molecule has 2 aromatic rings. The molecule has 3 nitrogen and oxygen atoms in total. The fraction of sp³-hybridized carbons (Fsp3) is 0.250. The van der Waals surface area contributed by atoms with Crippen LogP contribution in [0, 0.1) is 2.88 Å². The van der Waals surface area contributed by atoms with Crippen molar-refractivity contribution in [2.45, 2.75) is 13.0 Å². The molecule has 74 valence electrons. The molecule has 0 aliphatic carbocycles. The number of hydrogen-bond donors (Lipinski definition) is 1. The van der Waals surface area contributed by atoms with E-state index in [0.29, 0.717) is 0 Å². The zero-order chi connectivity index (χ0) is 10.1. The number of thiazole rings is 2. The van der Waals surface area contributed by atoms with Gasteiger partial charge < -0.3 is 5.73 Å². The Hall–Kier alpha value is -0.0500. The van der Waals surface area contributed by atoms with Crippen molar-refractivity contribution >= 4 is 45.3 Å². The third-order valence-corrected chi connectivity index (χ3v) is 4.70. The number of nitrogens with zero attached hydrogens (tertiary/aromatic N) is 2. The predicted octanol–water partition coefficient (Wildman–Crippen LogP) is 2.89. The highest BCUT2D eigenvalue weighted by Crippen LogP contribution is 2.31. The summed E-state index contributed by atoms with van der Waals surface area (Å²) in [6.45, 7) is 1.96. The molecule has 0 amide bonds. The normalized spacial score (nSPS) is 13.1. The van der Waals surface area contributed by atoms with Crippen molar-refractivity contribution in [2.24, 2.45) is 5.73 Å². The Morgan fingerprint density at radius 2 is 1.93 bits per heavy atom. The summed E-state index contributed by atoms with van der Waals surface area (Å²) in [5.74, 6) is 0. The average molecular weight is 337 g/mol. The molecule has 0 aliphatic rings. The van der Waals surface area contributed by atoms with Crippen molar-refractivity contribution in [3.05, 3.63) is 20.2 Å². The van der Waals surface area contributed by atoms with Gasteiger partial charge in [-0.3, -0.25) is 0 Å². The van der Waals surface area contributed by atoms with Crippen molar-refractivity contribution < 1.29 is 0 Å². The fourth-order valence-corrected chi connectivity index (χ4v) is 3.26. The first kappa shape index (κ1) is 10.5. The summed E-state index contributed by atoms with van der Waals surface area (Å²) in [4.78, 5) is 9.68. The molecule has 1 atom stereocenters. The number of aromatic nitrogens is 2. The Labute approximate surface area is 104 Å². The van der Waals surface area contributed by atoms with Crippen molar-refractivity contribution in [1.82, 2.24) is 9.97 Å². The molecule has 2 aromatic heterocycles. The van der Waals surface area contributed by atoms with Gasteiger partial charge in [0.05, 0.1) is 9.08 Å². The van der Waals surface area contributed by atoms with Crippen LogP contribution in [0.25, 0.3) is 10.0 Å². The summed E-state index contributed by atoms with van der Waals surface area (Å²) in [7, 11) is 0. The summed E-state index contributed by atoms with van der Waals surface area (Å²) in [6.07, 6.45) is 3.69. The molecule has 1 unspecified atom stereocenters. The summed E-state index contributed by atoms with van der Waals surface area (Å²) >= 11 is 5.52. The molecule has 6 heteroatoms. The van der Waals surface area contributed by atoms with E-state index >= 15 is 0 Å². The first-order valence-corrected chi connectivity index (χ1v) is 6.71. The maximum Gasteiger partial charge on any atom is 0.153 e. The standard InChI is InChI=1S/C8H8IN3S2/c1-4(10)5-2-11-7(13-5)8-12-3-6(9)14-8/h2-4H,10H2,1H3. The number of hydrogen-bond acceptors (Lipinski definition) is 5. The minimum Gasteiger partial charge on any atom is -0.323 e. The quantitative estimate of drug-likeness (QED) is 0.858. The number of halogens is 1. The average Bonchev–Trinajstić information content (AvgIpc) is 2.70. The maximum absolute atomic E-state index is 5.76. The molecule has 0 fully saturated rings. The van der Waals surface area contributed by atoms with E-state index in [4.69, 9.17) is 5.73 Å². The van der Waals surface area contributed by atoms with Crippen LogP contribution in [0.1, 0.15) is 17.8 Å². The van der Waals surface area contributed by atoms with E-state index in [1.807, 2.05) is 19.3 Å². The van der Waals surface area contributed by atoms with E-state index < -0.39 is 0 Å². The van der Waals surface area contributed by atoms with E-state index in [9.17, 15) is 0 Å². The van der Waals surface area contributed by atoms with E-state index in [2.05, 4.69) is 32.6 Å². The van der Waals surface area contributed by atoms with Gasteiger partial charge in [0, 0.05) is 17.1 Å². The molecule has 0 saturated heterocycles. The lowest BCUT2D eigenvalue weighted by atomic mass is 10.3. The van der Waals surface area contributed by atoms with Crippen molar-refractivity contribution in [1.29, 1.82) is 0 Å². The van der Waals surface area contributed by atoms with E-state index in [1.165, 1.54) is 2.88 Å². The third-order valence-electron chi connectivity index (χ3n) is 1.63. The molecule has 0 aliphatic heterocycles. The van der Waals surface area contributed by atoms with Crippen LogP contribution < -0.4 is 5.73 Å². The lowest BCUT2D eigenvalue weighted by Crippen LogP contribution is -2.01. The molecule has 2 rings (SSSR count). The van der Waals surface area contributed by atoms with Gasteiger partial charge in [0.25, 0.3) is 0 Å². The van der Waals surface area contributed by atoms with Gasteiger partial charge in [-0.05, 0) is 29.5 Å². The SMILES string of the molecule is CC(N)c1cnc(-c2ncc(I)s2)s1. The Bertz CT molecular complexity index is 435. The van der Waals surface area contributed by atoms with Crippen molar-refractivity contribution in [3.63, 3.8) is 0 Å². The molecule has 0 bridgehead atoms. The van der Waals surface area contributed by atoms with Gasteiger partial charge in [-0.2, -0.15) is 0 Å². The van der Waals surface area contributed by atoms with Crippen LogP contribution in [-0.4, -0.2) is 9.97 Å². The van der Waals surface area contributed by atoms with Crippen LogP contribution in [0.3, 0.4) is 0 Å². The summed E-state index contributed by atoms with van der Waals surface area (Å²) in [5, 5.41) is 1.94. The summed E-state index contributed by atoms with van der Waals surface area (Å²) in [5.41, 5.74) is 5.76. The Kier molecular flexibility index (Phi) is 3.15. The van der Waals surface area contributed by atoms with Crippen molar-refractivity contribution in [3.8, 4) is 10.0 Å². The smallest absolute Gasteiger partial charge is 0.153 e. The second kappa shape index (κ2) is 4.21. The van der Waals surface area contributed by atoms with Crippen molar-refractivity contribution in [2.75, 3.05) is 0 Å².